The zero-order valence-corrected chi connectivity index (χ0v) is 11.7. The summed E-state index contributed by atoms with van der Waals surface area (Å²) < 4.78 is 40.2. The van der Waals surface area contributed by atoms with Gasteiger partial charge in [0.25, 0.3) is 0 Å². The summed E-state index contributed by atoms with van der Waals surface area (Å²) in [6.45, 7) is 0. The van der Waals surface area contributed by atoms with Crippen LogP contribution in [0.15, 0.2) is 12.1 Å². The van der Waals surface area contributed by atoms with E-state index in [2.05, 4.69) is 10.3 Å². The molecule has 1 N–H and O–H groups in total. The zero-order chi connectivity index (χ0) is 14.3. The predicted octanol–water partition coefficient (Wildman–Crippen LogP) is 3.36. The molecule has 0 fully saturated rings. The lowest BCUT2D eigenvalue weighted by Crippen LogP contribution is -2.19. The number of aromatic nitrogens is 1. The third-order valence-corrected chi connectivity index (χ3v) is 4.72. The Hall–Kier alpha value is -1.40. The van der Waals surface area contributed by atoms with Crippen molar-refractivity contribution >= 4 is 11.3 Å². The highest BCUT2D eigenvalue weighted by Crippen LogP contribution is 2.34. The number of benzene rings is 1. The van der Waals surface area contributed by atoms with Crippen molar-refractivity contribution in [1.29, 1.82) is 0 Å². The topological polar surface area (TPSA) is 24.9 Å². The molecule has 20 heavy (non-hydrogen) atoms. The van der Waals surface area contributed by atoms with E-state index < -0.39 is 23.5 Å². The Labute approximate surface area is 118 Å². The van der Waals surface area contributed by atoms with Gasteiger partial charge in [0.05, 0.1) is 11.7 Å². The van der Waals surface area contributed by atoms with Crippen molar-refractivity contribution in [1.82, 2.24) is 10.3 Å². The third kappa shape index (κ3) is 2.23. The number of hydrogen-bond donors (Lipinski definition) is 1. The lowest BCUT2D eigenvalue weighted by molar-refractivity contribution is 0.483. The number of nitrogens with one attached hydrogen (secondary N) is 1. The number of rotatable bonds is 3. The molecular formula is C14H13F3N2S. The summed E-state index contributed by atoms with van der Waals surface area (Å²) in [6, 6.07) is 0.926. The maximum Gasteiger partial charge on any atom is 0.161 e. The molecule has 0 spiro atoms. The van der Waals surface area contributed by atoms with E-state index in [-0.39, 0.29) is 5.56 Å². The monoisotopic (exact) mass is 298 g/mol. The van der Waals surface area contributed by atoms with Crippen LogP contribution in [-0.2, 0) is 12.8 Å². The summed E-state index contributed by atoms with van der Waals surface area (Å²) in [5.41, 5.74) is 1.13. The number of nitrogens with zero attached hydrogens (tertiary/aromatic N) is 1. The molecule has 0 saturated heterocycles. The Morgan fingerprint density at radius 1 is 1.15 bits per heavy atom. The van der Waals surface area contributed by atoms with Gasteiger partial charge < -0.3 is 5.32 Å². The molecule has 1 aliphatic carbocycles. The molecule has 1 aromatic heterocycles. The fourth-order valence-corrected chi connectivity index (χ4v) is 3.79. The average molecular weight is 298 g/mol. The molecule has 1 atom stereocenters. The van der Waals surface area contributed by atoms with Gasteiger partial charge >= 0.3 is 0 Å². The minimum atomic E-state index is -1.18. The minimum absolute atomic E-state index is 0.0822. The largest absolute Gasteiger partial charge is 0.307 e. The van der Waals surface area contributed by atoms with Gasteiger partial charge in [0.15, 0.2) is 11.6 Å². The van der Waals surface area contributed by atoms with Gasteiger partial charge in [0.2, 0.25) is 0 Å². The average Bonchev–Trinajstić information content (AvgIpc) is 2.97. The van der Waals surface area contributed by atoms with E-state index in [0.29, 0.717) is 11.1 Å². The molecule has 1 aliphatic rings. The van der Waals surface area contributed by atoms with E-state index in [1.165, 1.54) is 16.2 Å². The molecule has 0 bridgehead atoms. The van der Waals surface area contributed by atoms with Crippen LogP contribution >= 0.6 is 11.3 Å². The number of thiazole rings is 1. The molecule has 0 aliphatic heterocycles. The van der Waals surface area contributed by atoms with Gasteiger partial charge in [-0.25, -0.2) is 18.2 Å². The van der Waals surface area contributed by atoms with Crippen molar-refractivity contribution in [2.24, 2.45) is 0 Å². The molecule has 1 heterocycles. The van der Waals surface area contributed by atoms with Crippen molar-refractivity contribution in [2.75, 3.05) is 7.05 Å². The Kier molecular flexibility index (Phi) is 3.52. The highest BCUT2D eigenvalue weighted by molar-refractivity contribution is 7.11. The second kappa shape index (κ2) is 5.18. The van der Waals surface area contributed by atoms with E-state index in [1.807, 2.05) is 0 Å². The molecule has 2 nitrogen and oxygen atoms in total. The molecule has 1 aromatic carbocycles. The summed E-state index contributed by atoms with van der Waals surface area (Å²) in [7, 11) is 1.65. The van der Waals surface area contributed by atoms with E-state index in [9.17, 15) is 13.2 Å². The molecule has 6 heteroatoms. The van der Waals surface area contributed by atoms with Crippen LogP contribution in [0.3, 0.4) is 0 Å². The lowest BCUT2D eigenvalue weighted by atomic mass is 10.1. The zero-order valence-electron chi connectivity index (χ0n) is 10.8. The summed E-state index contributed by atoms with van der Waals surface area (Å²) in [6.07, 6.45) is 3.02. The fraction of sp³-hybridized carbons (Fsp3) is 0.357. The molecule has 2 aromatic rings. The molecule has 106 valence electrons. The third-order valence-electron chi connectivity index (χ3n) is 3.50. The van der Waals surface area contributed by atoms with Crippen molar-refractivity contribution in [3.8, 4) is 0 Å². The summed E-state index contributed by atoms with van der Waals surface area (Å²) in [4.78, 5) is 5.72. The van der Waals surface area contributed by atoms with Gasteiger partial charge in [0, 0.05) is 16.5 Å². The van der Waals surface area contributed by atoms with Crippen LogP contribution in [0.4, 0.5) is 13.2 Å². The number of halogens is 3. The molecule has 0 radical (unpaired) electrons. The Bertz CT molecular complexity index is 633. The van der Waals surface area contributed by atoms with Crippen LogP contribution in [0.1, 0.15) is 33.6 Å². The first-order valence-electron chi connectivity index (χ1n) is 6.40. The van der Waals surface area contributed by atoms with Gasteiger partial charge in [-0.2, -0.15) is 0 Å². The van der Waals surface area contributed by atoms with Crippen molar-refractivity contribution in [2.45, 2.75) is 25.3 Å². The van der Waals surface area contributed by atoms with E-state index in [1.54, 1.807) is 7.05 Å². The maximum atomic E-state index is 13.9. The van der Waals surface area contributed by atoms with Crippen molar-refractivity contribution in [3.63, 3.8) is 0 Å². The lowest BCUT2D eigenvalue weighted by Gasteiger charge is -2.15. The highest BCUT2D eigenvalue weighted by atomic mass is 32.1. The summed E-state index contributed by atoms with van der Waals surface area (Å²) >= 11 is 1.51. The fourth-order valence-electron chi connectivity index (χ4n) is 2.51. The van der Waals surface area contributed by atoms with Gasteiger partial charge in [-0.3, -0.25) is 0 Å². The maximum absolute atomic E-state index is 13.9. The van der Waals surface area contributed by atoms with Crippen LogP contribution < -0.4 is 5.32 Å². The first-order valence-corrected chi connectivity index (χ1v) is 7.22. The Balaban J connectivity index is 2.03. The molecule has 3 rings (SSSR count). The number of hydrogen-bond acceptors (Lipinski definition) is 3. The summed E-state index contributed by atoms with van der Waals surface area (Å²) in [5, 5.41) is 3.63. The Morgan fingerprint density at radius 3 is 2.60 bits per heavy atom. The minimum Gasteiger partial charge on any atom is -0.307 e. The van der Waals surface area contributed by atoms with Crippen molar-refractivity contribution < 1.29 is 13.2 Å². The second-order valence-electron chi connectivity index (χ2n) is 4.79. The SMILES string of the molecule is CNC(c1nc2c(s1)CCC2)c1cc(F)c(F)cc1F. The molecular weight excluding hydrogens is 285 g/mol. The van der Waals surface area contributed by atoms with Gasteiger partial charge in [-0.15, -0.1) is 11.3 Å². The van der Waals surface area contributed by atoms with Crippen LogP contribution in [-0.4, -0.2) is 12.0 Å². The van der Waals surface area contributed by atoms with Gasteiger partial charge in [-0.1, -0.05) is 0 Å². The number of fused-ring (bicyclic) bond motifs is 1. The van der Waals surface area contributed by atoms with E-state index >= 15 is 0 Å². The summed E-state index contributed by atoms with van der Waals surface area (Å²) in [5.74, 6) is -2.99. The normalized spacial score (nSPS) is 15.4. The molecule has 0 saturated carbocycles. The predicted molar refractivity (Wildman–Crippen MR) is 71.4 cm³/mol. The van der Waals surface area contributed by atoms with Crippen LogP contribution in [0, 0.1) is 17.5 Å². The number of aryl methyl sites for hydroxylation is 2. The quantitative estimate of drug-likeness (QED) is 0.879. The molecule has 1 unspecified atom stereocenters. The van der Waals surface area contributed by atoms with Crippen LogP contribution in [0.2, 0.25) is 0 Å². The van der Waals surface area contributed by atoms with Crippen molar-refractivity contribution in [3.05, 3.63) is 50.7 Å². The first kappa shape index (κ1) is 13.6. The van der Waals surface area contributed by atoms with Gasteiger partial charge in [-0.05, 0) is 32.4 Å². The standard InChI is InChI=1S/C14H13F3N2S/c1-18-13(7-5-9(16)10(17)6-8(7)15)14-19-11-3-2-4-12(11)20-14/h5-6,13,18H,2-4H2,1H3. The van der Waals surface area contributed by atoms with Crippen LogP contribution in [0.5, 0.6) is 0 Å². The second-order valence-corrected chi connectivity index (χ2v) is 5.90. The highest BCUT2D eigenvalue weighted by Gasteiger charge is 2.25. The Morgan fingerprint density at radius 2 is 1.90 bits per heavy atom. The van der Waals surface area contributed by atoms with Crippen LogP contribution in [0.25, 0.3) is 0 Å². The first-order chi connectivity index (χ1) is 9.60. The van der Waals surface area contributed by atoms with E-state index in [0.717, 1.165) is 31.0 Å². The smallest absolute Gasteiger partial charge is 0.161 e. The van der Waals surface area contributed by atoms with E-state index in [4.69, 9.17) is 0 Å². The van der Waals surface area contributed by atoms with Gasteiger partial charge in [0.1, 0.15) is 10.8 Å². The molecule has 0 amide bonds.